The van der Waals surface area contributed by atoms with Crippen LogP contribution in [-0.2, 0) is 4.74 Å². The van der Waals surface area contributed by atoms with Crippen molar-refractivity contribution >= 4 is 29.5 Å². The number of carbonyl (C=O) groups is 2. The Bertz CT molecular complexity index is 1150. The van der Waals surface area contributed by atoms with E-state index in [1.54, 1.807) is 31.3 Å². The quantitative estimate of drug-likeness (QED) is 0.180. The number of rotatable bonds is 9. The molecule has 2 aromatic carbocycles. The summed E-state index contributed by atoms with van der Waals surface area (Å²) in [6.07, 6.45) is 6.49. The van der Waals surface area contributed by atoms with Gasteiger partial charge in [0.05, 0.1) is 30.6 Å². The molecule has 8 heteroatoms. The van der Waals surface area contributed by atoms with Gasteiger partial charge in [-0.2, -0.15) is 0 Å². The molecule has 2 aromatic rings. The average molecular weight is 499 g/mol. The second-order valence-corrected chi connectivity index (χ2v) is 8.72. The summed E-state index contributed by atoms with van der Waals surface area (Å²) in [5.74, 6) is -0.359. The van der Waals surface area contributed by atoms with Crippen LogP contribution < -0.4 is 62.0 Å². The summed E-state index contributed by atoms with van der Waals surface area (Å²) in [4.78, 5) is 29.3. The largest absolute Gasteiger partial charge is 1.00 e. The normalized spacial score (nSPS) is 14.5. The van der Waals surface area contributed by atoms with Crippen LogP contribution in [0, 0.1) is 25.6 Å². The first kappa shape index (κ1) is 29.0. The van der Waals surface area contributed by atoms with Gasteiger partial charge in [-0.1, -0.05) is 26.0 Å². The van der Waals surface area contributed by atoms with Crippen molar-refractivity contribution < 1.29 is 70.3 Å². The average Bonchev–Trinajstić information content (AvgIpc) is 2.78. The number of hydrogen-bond donors (Lipinski definition) is 2. The van der Waals surface area contributed by atoms with Crippen LogP contribution in [0.2, 0.25) is 0 Å². The van der Waals surface area contributed by atoms with Crippen LogP contribution in [0.15, 0.2) is 53.7 Å². The second kappa shape index (κ2) is 13.7. The third-order valence-electron chi connectivity index (χ3n) is 5.15. The molecule has 1 unspecified atom stereocenters. The maximum absolute atomic E-state index is 12.8. The summed E-state index contributed by atoms with van der Waals surface area (Å²) in [6, 6.07) is 12.6. The Morgan fingerprint density at radius 3 is 2.60 bits per heavy atom. The minimum absolute atomic E-state index is 0. The van der Waals surface area contributed by atoms with Crippen LogP contribution in [0.4, 0.5) is 5.69 Å². The Labute approximate surface area is 250 Å². The number of amides is 1. The Morgan fingerprint density at radius 1 is 1.20 bits per heavy atom. The first-order chi connectivity index (χ1) is 16.2. The molecule has 0 bridgehead atoms. The minimum Gasteiger partial charge on any atom is -0.560 e. The summed E-state index contributed by atoms with van der Waals surface area (Å²) in [5, 5.41) is 6.08. The van der Waals surface area contributed by atoms with Crippen LogP contribution >= 0.6 is 0 Å². The molecule has 0 saturated heterocycles. The first-order valence-corrected chi connectivity index (χ1v) is 11.2. The van der Waals surface area contributed by atoms with Crippen LogP contribution in [0.3, 0.4) is 0 Å². The predicted molar refractivity (Wildman–Crippen MR) is 134 cm³/mol. The molecule has 1 aliphatic heterocycles. The van der Waals surface area contributed by atoms with E-state index in [2.05, 4.69) is 21.8 Å². The van der Waals surface area contributed by atoms with Crippen molar-refractivity contribution in [2.45, 2.75) is 33.7 Å². The van der Waals surface area contributed by atoms with Crippen molar-refractivity contribution in [3.05, 3.63) is 83.7 Å². The number of esters is 1. The van der Waals surface area contributed by atoms with Gasteiger partial charge in [0.25, 0.3) is 5.91 Å². The van der Waals surface area contributed by atoms with Crippen molar-refractivity contribution in [1.82, 2.24) is 5.32 Å². The monoisotopic (exact) mass is 498 g/mol. The van der Waals surface area contributed by atoms with Gasteiger partial charge in [0.1, 0.15) is 7.05 Å². The number of carbonyl (C=O) groups excluding carboxylic acids is 2. The second-order valence-electron chi connectivity index (χ2n) is 8.72. The molecule has 1 aliphatic rings. The first-order valence-electron chi connectivity index (χ1n) is 11.2. The molecule has 7 nitrogen and oxygen atoms in total. The maximum atomic E-state index is 12.8. The van der Waals surface area contributed by atoms with E-state index in [-0.39, 0.29) is 75.2 Å². The third kappa shape index (κ3) is 8.73. The fourth-order valence-electron chi connectivity index (χ4n) is 3.27. The molecule has 0 saturated carbocycles. The Morgan fingerprint density at radius 2 is 1.94 bits per heavy atom. The fourth-order valence-corrected chi connectivity index (χ4v) is 3.27. The number of anilines is 1. The summed E-state index contributed by atoms with van der Waals surface area (Å²) in [6.45, 7) is 10.0. The number of ether oxygens (including phenoxy) is 1. The zero-order valence-electron chi connectivity index (χ0n) is 21.3. The molecule has 0 aromatic heterocycles. The zero-order valence-corrected chi connectivity index (χ0v) is 24.4. The molecule has 0 aliphatic carbocycles. The molecule has 178 valence electrons. The van der Waals surface area contributed by atoms with Gasteiger partial charge in [-0.15, -0.1) is 6.20 Å². The molecule has 1 heterocycles. The number of benzene rings is 2. The van der Waals surface area contributed by atoms with Crippen molar-refractivity contribution in [1.29, 1.82) is 0 Å². The molecule has 2 N–H and O–H groups in total. The van der Waals surface area contributed by atoms with Gasteiger partial charge in [-0.25, -0.2) is 4.79 Å². The third-order valence-corrected chi connectivity index (χ3v) is 5.15. The number of hydrogen-bond acceptors (Lipinski definition) is 5. The summed E-state index contributed by atoms with van der Waals surface area (Å²) in [5.41, 5.74) is 4.20. The van der Waals surface area contributed by atoms with Crippen LogP contribution in [0.25, 0.3) is 0 Å². The van der Waals surface area contributed by atoms with Gasteiger partial charge in [0.2, 0.25) is 0 Å². The van der Waals surface area contributed by atoms with Gasteiger partial charge >= 0.3 is 57.4 Å². The van der Waals surface area contributed by atoms with E-state index in [4.69, 9.17) is 4.74 Å². The molecule has 1 amide bonds. The Kier molecular flexibility index (Phi) is 11.4. The SMILES string of the molecule is Cc1cc(C(=O)Nc2cccc(C(C)N[C-]=CN=C3C=[N+](C)[CH-]3)c2)ccc1C(=O)OCC(C)C.[K+]. The summed E-state index contributed by atoms with van der Waals surface area (Å²) in [7, 11) is 1.94. The van der Waals surface area contributed by atoms with Crippen molar-refractivity contribution in [2.75, 3.05) is 19.0 Å². The molecule has 0 fully saturated rings. The van der Waals surface area contributed by atoms with E-state index in [1.807, 2.05) is 69.4 Å². The molecule has 0 radical (unpaired) electrons. The van der Waals surface area contributed by atoms with Gasteiger partial charge in [-0.3, -0.25) is 4.79 Å². The molecule has 0 spiro atoms. The smallest absolute Gasteiger partial charge is 0.560 e. The molecule has 1 atom stereocenters. The Hall–Kier alpha value is -2.23. The van der Waals surface area contributed by atoms with Crippen molar-refractivity contribution in [3.63, 3.8) is 0 Å². The molecular formula is C27H31KN4O3. The molecular weight excluding hydrogens is 467 g/mol. The Balaban J connectivity index is 0.00000432. The summed E-state index contributed by atoms with van der Waals surface area (Å²) >= 11 is 0. The summed E-state index contributed by atoms with van der Waals surface area (Å²) < 4.78 is 7.23. The van der Waals surface area contributed by atoms with Crippen LogP contribution in [0.1, 0.15) is 58.7 Å². The predicted octanol–water partition coefficient (Wildman–Crippen LogP) is 1.32. The number of aryl methyl sites for hydroxylation is 1. The standard InChI is InChI=1S/C27H31N4O3.K/c1-18(2)17-34-27(33)25-10-9-22(13-19(25)3)26(32)30-23-8-6-7-21(14-23)20(4)28-11-12-29-24-15-31(5)16-24;/h6-10,12-16,18,20,28H,17H2,1-5H3,(H,30,32);/q-1;+1. The van der Waals surface area contributed by atoms with E-state index in [9.17, 15) is 9.59 Å². The number of nitrogens with zero attached hydrogens (tertiary/aromatic N) is 2. The van der Waals surface area contributed by atoms with E-state index >= 15 is 0 Å². The zero-order chi connectivity index (χ0) is 24.7. The van der Waals surface area contributed by atoms with Crippen LogP contribution in [0.5, 0.6) is 0 Å². The van der Waals surface area contributed by atoms with E-state index in [1.165, 1.54) is 0 Å². The van der Waals surface area contributed by atoms with E-state index < -0.39 is 0 Å². The topological polar surface area (TPSA) is 82.8 Å². The fraction of sp³-hybridized carbons (Fsp3) is 0.296. The molecule has 3 rings (SSSR count). The van der Waals surface area contributed by atoms with Crippen molar-refractivity contribution in [3.8, 4) is 0 Å². The van der Waals surface area contributed by atoms with Crippen LogP contribution in [-0.4, -0.2) is 42.0 Å². The minimum atomic E-state index is -0.374. The number of aliphatic imine (C=N–C) groups is 1. The van der Waals surface area contributed by atoms with E-state index in [0.717, 1.165) is 11.3 Å². The number of nitrogens with one attached hydrogen (secondary N) is 2. The van der Waals surface area contributed by atoms with Gasteiger partial charge in [-0.05, 0) is 61.2 Å². The van der Waals surface area contributed by atoms with Gasteiger partial charge in [0, 0.05) is 17.3 Å². The van der Waals surface area contributed by atoms with Crippen molar-refractivity contribution in [2.24, 2.45) is 10.9 Å². The van der Waals surface area contributed by atoms with Gasteiger partial charge in [0.15, 0.2) is 0 Å². The maximum Gasteiger partial charge on any atom is 1.00 e. The van der Waals surface area contributed by atoms with E-state index in [0.29, 0.717) is 29.0 Å². The molecule has 35 heavy (non-hydrogen) atoms. The van der Waals surface area contributed by atoms with Gasteiger partial charge < -0.3 is 31.1 Å².